The molecule has 0 bridgehead atoms. The van der Waals surface area contributed by atoms with Crippen LogP contribution in [-0.2, 0) is 9.53 Å². The van der Waals surface area contributed by atoms with Crippen molar-refractivity contribution in [3.8, 4) is 0 Å². The summed E-state index contributed by atoms with van der Waals surface area (Å²) in [5.41, 5.74) is 7.28. The van der Waals surface area contributed by atoms with Gasteiger partial charge in [-0.2, -0.15) is 0 Å². The number of carbonyl (C=O) groups is 1. The quantitative estimate of drug-likeness (QED) is 0.816. The molecule has 0 spiro atoms. The topological polar surface area (TPSA) is 52.3 Å². The van der Waals surface area contributed by atoms with Crippen molar-refractivity contribution >= 4 is 33.2 Å². The van der Waals surface area contributed by atoms with Crippen molar-refractivity contribution < 1.29 is 9.53 Å². The number of hydrogen-bond acceptors (Lipinski definition) is 4. The van der Waals surface area contributed by atoms with Gasteiger partial charge in [0.1, 0.15) is 0 Å². The Labute approximate surface area is 114 Å². The molecule has 1 rings (SSSR count). The van der Waals surface area contributed by atoms with E-state index in [1.54, 1.807) is 11.3 Å². The molecule has 0 aliphatic carbocycles. The fourth-order valence-electron chi connectivity index (χ4n) is 1.68. The summed E-state index contributed by atoms with van der Waals surface area (Å²) in [6.07, 6.45) is 2.03. The van der Waals surface area contributed by atoms with Crippen molar-refractivity contribution in [2.45, 2.75) is 39.2 Å². The Bertz CT molecular complexity index is 379. The SMILES string of the molecule is CCOC(=O)CCCC(N)c1cc(Br)sc1C. The van der Waals surface area contributed by atoms with Crippen LogP contribution in [0.3, 0.4) is 0 Å². The van der Waals surface area contributed by atoms with Crippen LogP contribution in [0.5, 0.6) is 0 Å². The van der Waals surface area contributed by atoms with Crippen LogP contribution < -0.4 is 5.73 Å². The van der Waals surface area contributed by atoms with Gasteiger partial charge in [-0.25, -0.2) is 0 Å². The minimum Gasteiger partial charge on any atom is -0.466 e. The van der Waals surface area contributed by atoms with E-state index >= 15 is 0 Å². The minimum atomic E-state index is -0.136. The number of thiophene rings is 1. The van der Waals surface area contributed by atoms with Gasteiger partial charge in [-0.3, -0.25) is 4.79 Å². The first-order valence-corrected chi connectivity index (χ1v) is 7.32. The summed E-state index contributed by atoms with van der Waals surface area (Å²) in [7, 11) is 0. The van der Waals surface area contributed by atoms with Crippen LogP contribution in [0, 0.1) is 6.92 Å². The lowest BCUT2D eigenvalue weighted by molar-refractivity contribution is -0.143. The molecule has 1 heterocycles. The van der Waals surface area contributed by atoms with E-state index in [9.17, 15) is 4.79 Å². The number of carbonyl (C=O) groups excluding carboxylic acids is 1. The molecule has 17 heavy (non-hydrogen) atoms. The van der Waals surface area contributed by atoms with Gasteiger partial charge in [-0.15, -0.1) is 11.3 Å². The smallest absolute Gasteiger partial charge is 0.305 e. The van der Waals surface area contributed by atoms with Gasteiger partial charge in [0.05, 0.1) is 10.4 Å². The van der Waals surface area contributed by atoms with E-state index in [4.69, 9.17) is 10.5 Å². The van der Waals surface area contributed by atoms with E-state index in [2.05, 4.69) is 28.9 Å². The van der Waals surface area contributed by atoms with Gasteiger partial charge in [-0.1, -0.05) is 0 Å². The molecule has 3 nitrogen and oxygen atoms in total. The molecular weight excluding hydrogens is 302 g/mol. The Hall–Kier alpha value is -0.390. The first-order valence-electron chi connectivity index (χ1n) is 5.71. The van der Waals surface area contributed by atoms with Crippen molar-refractivity contribution in [3.05, 3.63) is 20.3 Å². The van der Waals surface area contributed by atoms with E-state index < -0.39 is 0 Å². The Kier molecular flexibility index (Phi) is 6.16. The van der Waals surface area contributed by atoms with Crippen molar-refractivity contribution in [1.29, 1.82) is 0 Å². The van der Waals surface area contributed by atoms with Crippen LogP contribution in [0.4, 0.5) is 0 Å². The van der Waals surface area contributed by atoms with E-state index in [0.717, 1.165) is 16.6 Å². The van der Waals surface area contributed by atoms with E-state index in [1.807, 2.05) is 6.92 Å². The fraction of sp³-hybridized carbons (Fsp3) is 0.583. The predicted octanol–water partition coefficient (Wildman–Crippen LogP) is 3.55. The summed E-state index contributed by atoms with van der Waals surface area (Å²) in [6, 6.07) is 2.07. The highest BCUT2D eigenvalue weighted by Gasteiger charge is 2.12. The standard InChI is InChI=1S/C12H18BrNO2S/c1-3-16-12(15)6-4-5-10(14)9-7-11(13)17-8(9)2/h7,10H,3-6,14H2,1-2H3. The number of halogens is 1. The third-order valence-electron chi connectivity index (χ3n) is 2.53. The number of esters is 1. The largest absolute Gasteiger partial charge is 0.466 e. The lowest BCUT2D eigenvalue weighted by atomic mass is 10.0. The highest BCUT2D eigenvalue weighted by atomic mass is 79.9. The molecule has 0 saturated carbocycles. The number of nitrogens with two attached hydrogens (primary N) is 1. The van der Waals surface area contributed by atoms with Gasteiger partial charge in [0.15, 0.2) is 0 Å². The van der Waals surface area contributed by atoms with Gasteiger partial charge >= 0.3 is 5.97 Å². The highest BCUT2D eigenvalue weighted by molar-refractivity contribution is 9.11. The lowest BCUT2D eigenvalue weighted by Gasteiger charge is -2.10. The van der Waals surface area contributed by atoms with Gasteiger partial charge in [-0.05, 0) is 54.2 Å². The molecular formula is C12H18BrNO2S. The fourth-order valence-corrected chi connectivity index (χ4v) is 3.46. The number of hydrogen-bond donors (Lipinski definition) is 1. The summed E-state index contributed by atoms with van der Waals surface area (Å²) in [5.74, 6) is -0.136. The molecule has 1 unspecified atom stereocenters. The molecule has 0 amide bonds. The molecule has 2 N–H and O–H groups in total. The monoisotopic (exact) mass is 319 g/mol. The predicted molar refractivity (Wildman–Crippen MR) is 74.2 cm³/mol. The molecule has 0 aliphatic heterocycles. The van der Waals surface area contributed by atoms with Crippen LogP contribution in [0.25, 0.3) is 0 Å². The average Bonchev–Trinajstić information content (AvgIpc) is 2.58. The maximum Gasteiger partial charge on any atom is 0.305 e. The molecule has 1 atom stereocenters. The first-order chi connectivity index (χ1) is 8.04. The van der Waals surface area contributed by atoms with Crippen molar-refractivity contribution in [2.24, 2.45) is 5.73 Å². The zero-order chi connectivity index (χ0) is 12.8. The molecule has 0 aliphatic rings. The summed E-state index contributed by atoms with van der Waals surface area (Å²) < 4.78 is 5.97. The molecule has 0 radical (unpaired) electrons. The molecule has 0 saturated heterocycles. The average molecular weight is 320 g/mol. The van der Waals surface area contributed by atoms with Crippen LogP contribution in [-0.4, -0.2) is 12.6 Å². The first kappa shape index (κ1) is 14.7. The third-order valence-corrected chi connectivity index (χ3v) is 4.10. The zero-order valence-electron chi connectivity index (χ0n) is 10.2. The second kappa shape index (κ2) is 7.13. The molecule has 0 aromatic carbocycles. The summed E-state index contributed by atoms with van der Waals surface area (Å²) in [6.45, 7) is 4.33. The minimum absolute atomic E-state index is 0.00646. The number of rotatable bonds is 6. The number of aryl methyl sites for hydroxylation is 1. The van der Waals surface area contributed by atoms with Crippen molar-refractivity contribution in [1.82, 2.24) is 0 Å². The second-order valence-electron chi connectivity index (χ2n) is 3.87. The van der Waals surface area contributed by atoms with E-state index in [-0.39, 0.29) is 12.0 Å². The van der Waals surface area contributed by atoms with Crippen LogP contribution in [0.2, 0.25) is 0 Å². The summed E-state index contributed by atoms with van der Waals surface area (Å²) in [5, 5.41) is 0. The van der Waals surface area contributed by atoms with Gasteiger partial charge in [0.25, 0.3) is 0 Å². The van der Waals surface area contributed by atoms with Crippen molar-refractivity contribution in [3.63, 3.8) is 0 Å². The second-order valence-corrected chi connectivity index (χ2v) is 6.50. The Morgan fingerprint density at radius 1 is 1.65 bits per heavy atom. The van der Waals surface area contributed by atoms with E-state index in [1.165, 1.54) is 10.4 Å². The zero-order valence-corrected chi connectivity index (χ0v) is 12.6. The van der Waals surface area contributed by atoms with Gasteiger partial charge < -0.3 is 10.5 Å². The maximum absolute atomic E-state index is 11.2. The summed E-state index contributed by atoms with van der Waals surface area (Å²) in [4.78, 5) is 12.4. The van der Waals surface area contributed by atoms with Gasteiger partial charge in [0.2, 0.25) is 0 Å². The molecule has 5 heteroatoms. The third kappa shape index (κ3) is 4.77. The van der Waals surface area contributed by atoms with Crippen LogP contribution in [0.15, 0.2) is 9.85 Å². The Balaban J connectivity index is 2.37. The molecule has 1 aromatic rings. The molecule has 96 valence electrons. The Morgan fingerprint density at radius 3 is 2.88 bits per heavy atom. The number of ether oxygens (including phenoxy) is 1. The maximum atomic E-state index is 11.2. The van der Waals surface area contributed by atoms with Gasteiger partial charge in [0, 0.05) is 17.3 Å². The van der Waals surface area contributed by atoms with E-state index in [0.29, 0.717) is 13.0 Å². The normalized spacial score (nSPS) is 12.5. The summed E-state index contributed by atoms with van der Waals surface area (Å²) >= 11 is 5.14. The van der Waals surface area contributed by atoms with Crippen molar-refractivity contribution in [2.75, 3.05) is 6.61 Å². The lowest BCUT2D eigenvalue weighted by Crippen LogP contribution is -2.11. The Morgan fingerprint density at radius 2 is 2.35 bits per heavy atom. The van der Waals surface area contributed by atoms with Crippen LogP contribution >= 0.6 is 27.3 Å². The highest BCUT2D eigenvalue weighted by Crippen LogP contribution is 2.31. The molecule has 0 fully saturated rings. The molecule has 1 aromatic heterocycles. The van der Waals surface area contributed by atoms with Crippen LogP contribution in [0.1, 0.15) is 42.7 Å².